The minimum absolute atomic E-state index is 0.0215. The van der Waals surface area contributed by atoms with Gasteiger partial charge < -0.3 is 20.3 Å². The number of nitrogens with one attached hydrogen (secondary N) is 1. The van der Waals surface area contributed by atoms with Crippen LogP contribution in [0.5, 0.6) is 0 Å². The number of hydrogen-bond donors (Lipinski definition) is 3. The van der Waals surface area contributed by atoms with E-state index in [1.807, 2.05) is 13.0 Å². The largest absolute Gasteiger partial charge is 0.511 e. The lowest BCUT2D eigenvalue weighted by Gasteiger charge is -2.17. The van der Waals surface area contributed by atoms with Gasteiger partial charge in [-0.2, -0.15) is 0 Å². The molecule has 0 amide bonds. The van der Waals surface area contributed by atoms with Crippen LogP contribution < -0.4 is 5.32 Å². The summed E-state index contributed by atoms with van der Waals surface area (Å²) in [5, 5.41) is 24.6. The van der Waals surface area contributed by atoms with E-state index in [0.29, 0.717) is 25.2 Å². The third-order valence-corrected chi connectivity index (χ3v) is 10.5. The van der Waals surface area contributed by atoms with Crippen molar-refractivity contribution >= 4 is 23.1 Å². The first-order valence-corrected chi connectivity index (χ1v) is 17.3. The number of nitrogens with zero attached hydrogens (tertiary/aromatic N) is 3. The summed E-state index contributed by atoms with van der Waals surface area (Å²) in [6, 6.07) is 0. The fraction of sp³-hybridized carbons (Fsp3) is 0.487. The van der Waals surface area contributed by atoms with Crippen molar-refractivity contribution in [2.45, 2.75) is 106 Å². The summed E-state index contributed by atoms with van der Waals surface area (Å²) in [7, 11) is 0. The maximum absolute atomic E-state index is 11.7. The Labute approximate surface area is 278 Å². The van der Waals surface area contributed by atoms with Crippen LogP contribution in [-0.4, -0.2) is 46.0 Å². The lowest BCUT2D eigenvalue weighted by Crippen LogP contribution is -2.15. The van der Waals surface area contributed by atoms with Crippen LogP contribution in [0.15, 0.2) is 106 Å². The van der Waals surface area contributed by atoms with Gasteiger partial charge in [0.15, 0.2) is 0 Å². The number of unbranched alkanes of at least 4 members (excludes halogenated alkanes) is 3. The van der Waals surface area contributed by atoms with E-state index in [9.17, 15) is 15.0 Å². The second-order valence-corrected chi connectivity index (χ2v) is 13.5. The fourth-order valence-corrected chi connectivity index (χ4v) is 7.79. The molecule has 8 bridgehead atoms. The van der Waals surface area contributed by atoms with Gasteiger partial charge in [-0.15, -0.1) is 0 Å². The maximum atomic E-state index is 11.7. The van der Waals surface area contributed by atoms with E-state index in [4.69, 9.17) is 19.7 Å². The fourth-order valence-electron chi connectivity index (χ4n) is 7.79. The topological polar surface area (TPSA) is 116 Å². The Morgan fingerprint density at radius 3 is 2.47 bits per heavy atom. The summed E-state index contributed by atoms with van der Waals surface area (Å²) in [6.45, 7) is 15.6. The molecule has 3 atom stereocenters. The van der Waals surface area contributed by atoms with Crippen molar-refractivity contribution in [2.75, 3.05) is 6.61 Å². The molecule has 1 saturated heterocycles. The van der Waals surface area contributed by atoms with Crippen molar-refractivity contribution in [1.82, 2.24) is 5.32 Å². The zero-order valence-electron chi connectivity index (χ0n) is 28.9. The highest BCUT2D eigenvalue weighted by Gasteiger charge is 2.41. The average Bonchev–Trinajstić information content (AvgIpc) is 3.78. The summed E-state index contributed by atoms with van der Waals surface area (Å²) in [4.78, 5) is 27.2. The van der Waals surface area contributed by atoms with Crippen molar-refractivity contribution < 1.29 is 19.7 Å². The van der Waals surface area contributed by atoms with Crippen LogP contribution in [0.3, 0.4) is 0 Å². The molecule has 1 fully saturated rings. The summed E-state index contributed by atoms with van der Waals surface area (Å²) in [6.07, 6.45) is 12.5. The second-order valence-electron chi connectivity index (χ2n) is 13.5. The molecule has 8 heteroatoms. The Morgan fingerprint density at radius 1 is 1.00 bits per heavy atom. The Kier molecular flexibility index (Phi) is 9.25. The average molecular weight is 637 g/mol. The Morgan fingerprint density at radius 2 is 1.74 bits per heavy atom. The Bertz CT molecular complexity index is 1770. The van der Waals surface area contributed by atoms with E-state index < -0.39 is 5.97 Å². The molecule has 0 aromatic carbocycles. The van der Waals surface area contributed by atoms with E-state index in [-0.39, 0.29) is 24.4 Å². The van der Waals surface area contributed by atoms with Crippen LogP contribution in [0, 0.1) is 11.8 Å². The first-order chi connectivity index (χ1) is 22.5. The van der Waals surface area contributed by atoms with E-state index >= 15 is 0 Å². The molecule has 47 heavy (non-hydrogen) atoms. The number of aliphatic carboxylic acids is 1. The number of carboxylic acid groups (broad SMARTS) is 1. The number of carbonyl (C=O) groups is 1. The summed E-state index contributed by atoms with van der Waals surface area (Å²) < 4.78 is 6.42. The van der Waals surface area contributed by atoms with Gasteiger partial charge in [-0.3, -0.25) is 4.79 Å². The van der Waals surface area contributed by atoms with Crippen LogP contribution in [0.25, 0.3) is 0 Å². The Hall–Kier alpha value is -4.04. The number of aliphatic imine (C=N–C) groups is 3. The number of rotatable bonds is 11. The molecule has 3 unspecified atom stereocenters. The predicted octanol–water partition coefficient (Wildman–Crippen LogP) is 8.51. The molecule has 5 aliphatic heterocycles. The normalized spacial score (nSPS) is 24.1. The van der Waals surface area contributed by atoms with Crippen molar-refractivity contribution in [1.29, 1.82) is 0 Å². The molecule has 3 N–H and O–H groups in total. The number of fused-ring (bicyclic) bond motifs is 5. The van der Waals surface area contributed by atoms with Gasteiger partial charge in [0.1, 0.15) is 5.76 Å². The maximum Gasteiger partial charge on any atom is 0.303 e. The van der Waals surface area contributed by atoms with Crippen molar-refractivity contribution in [3.05, 3.63) is 91.5 Å². The predicted molar refractivity (Wildman–Crippen MR) is 188 cm³/mol. The number of ether oxygens (including phenoxy) is 1. The van der Waals surface area contributed by atoms with Crippen LogP contribution in [-0.2, 0) is 9.53 Å². The van der Waals surface area contributed by atoms with Crippen molar-refractivity contribution in [2.24, 2.45) is 26.8 Å². The minimum Gasteiger partial charge on any atom is -0.511 e. The SMILES string of the molecule is CCCCCCOC(C)C1=C(C)C2=NC1=CC1=NC(=CC3=C(C)C4=C(O)CC(=C5NC(=C2)C(C)C5CCC(=O)O)C4=N3)C(CC)=C1C. The van der Waals surface area contributed by atoms with Gasteiger partial charge in [0, 0.05) is 59.4 Å². The molecule has 6 aliphatic rings. The lowest BCUT2D eigenvalue weighted by molar-refractivity contribution is -0.137. The van der Waals surface area contributed by atoms with E-state index in [1.54, 1.807) is 0 Å². The Balaban J connectivity index is 1.52. The molecular formula is C39H48N4O4. The van der Waals surface area contributed by atoms with Gasteiger partial charge in [-0.25, -0.2) is 15.0 Å². The molecule has 0 aromatic rings. The van der Waals surface area contributed by atoms with E-state index in [2.05, 4.69) is 59.0 Å². The van der Waals surface area contributed by atoms with E-state index in [1.165, 1.54) is 18.4 Å². The van der Waals surface area contributed by atoms with Gasteiger partial charge in [0.25, 0.3) is 0 Å². The lowest BCUT2D eigenvalue weighted by atomic mass is 9.86. The van der Waals surface area contributed by atoms with Gasteiger partial charge >= 0.3 is 5.97 Å². The number of aliphatic hydroxyl groups excluding tert-OH is 1. The molecule has 0 saturated carbocycles. The third-order valence-electron chi connectivity index (χ3n) is 10.5. The van der Waals surface area contributed by atoms with Crippen LogP contribution >= 0.6 is 0 Å². The first kappa shape index (κ1) is 32.9. The molecule has 1 aliphatic carbocycles. The van der Waals surface area contributed by atoms with Gasteiger partial charge in [-0.1, -0.05) is 40.0 Å². The highest BCUT2D eigenvalue weighted by Crippen LogP contribution is 2.46. The third kappa shape index (κ3) is 5.97. The number of allylic oxidation sites excluding steroid dienone is 11. The van der Waals surface area contributed by atoms with Crippen LogP contribution in [0.4, 0.5) is 0 Å². The molecule has 0 aromatic heterocycles. The standard InChI is InChI=1S/C39H48N4O4/c1-8-10-11-12-15-47-24(7)36-22(5)30-17-29-21(4)26(13-14-35(45)46)38(42-29)27-16-34(44)37-23(6)31(43-39(27)37)18-32-25(9-2)20(3)28(40-32)19-33(36)41-30/h17-19,21,24,26,42,44H,8-16H2,1-7H3,(H,45,46). The second kappa shape index (κ2) is 13.2. The molecule has 6 rings (SSSR count). The van der Waals surface area contributed by atoms with E-state index in [0.717, 1.165) is 98.3 Å². The number of carboxylic acids is 1. The van der Waals surface area contributed by atoms with Gasteiger partial charge in [0.2, 0.25) is 0 Å². The molecule has 5 heterocycles. The quantitative estimate of drug-likeness (QED) is 0.197. The monoisotopic (exact) mass is 636 g/mol. The summed E-state index contributed by atoms with van der Waals surface area (Å²) in [5.74, 6) is -0.553. The van der Waals surface area contributed by atoms with Crippen molar-refractivity contribution in [3.8, 4) is 0 Å². The smallest absolute Gasteiger partial charge is 0.303 e. The zero-order valence-corrected chi connectivity index (χ0v) is 28.9. The molecular weight excluding hydrogens is 588 g/mol. The van der Waals surface area contributed by atoms with Gasteiger partial charge in [0.05, 0.1) is 40.3 Å². The highest BCUT2D eigenvalue weighted by molar-refractivity contribution is 6.21. The summed E-state index contributed by atoms with van der Waals surface area (Å²) in [5.41, 5.74) is 14.1. The molecule has 0 spiro atoms. The first-order valence-electron chi connectivity index (χ1n) is 17.3. The molecule has 8 nitrogen and oxygen atoms in total. The van der Waals surface area contributed by atoms with Gasteiger partial charge in [-0.05, 0) is 87.5 Å². The van der Waals surface area contributed by atoms with Crippen molar-refractivity contribution in [3.63, 3.8) is 0 Å². The minimum atomic E-state index is -0.816. The molecule has 248 valence electrons. The van der Waals surface area contributed by atoms with Crippen LogP contribution in [0.1, 0.15) is 99.8 Å². The number of aliphatic hydroxyl groups is 1. The van der Waals surface area contributed by atoms with Crippen LogP contribution in [0.2, 0.25) is 0 Å². The number of hydrogen-bond acceptors (Lipinski definition) is 7. The zero-order chi connectivity index (χ0) is 33.6. The summed E-state index contributed by atoms with van der Waals surface area (Å²) >= 11 is 0. The molecule has 0 radical (unpaired) electrons. The highest BCUT2D eigenvalue weighted by atomic mass is 16.5.